The zero-order valence-electron chi connectivity index (χ0n) is 10.4. The van der Waals surface area contributed by atoms with E-state index >= 15 is 0 Å². The molecule has 0 spiro atoms. The first-order valence-electron chi connectivity index (χ1n) is 5.67. The van der Waals surface area contributed by atoms with Crippen molar-refractivity contribution in [2.45, 2.75) is 40.5 Å². The fourth-order valence-electron chi connectivity index (χ4n) is 2.59. The van der Waals surface area contributed by atoms with Crippen molar-refractivity contribution >= 4 is 11.9 Å². The number of rotatable bonds is 3. The van der Waals surface area contributed by atoms with Gasteiger partial charge in [-0.05, 0) is 32.1 Å². The molecular formula is C12H20O4. The van der Waals surface area contributed by atoms with Crippen LogP contribution in [-0.4, -0.2) is 23.7 Å². The molecular weight excluding hydrogens is 208 g/mol. The topological polar surface area (TPSA) is 63.6 Å². The largest absolute Gasteiger partial charge is 0.481 e. The van der Waals surface area contributed by atoms with Crippen molar-refractivity contribution in [1.82, 2.24) is 0 Å². The summed E-state index contributed by atoms with van der Waals surface area (Å²) in [4.78, 5) is 23.1. The molecule has 1 saturated carbocycles. The summed E-state index contributed by atoms with van der Waals surface area (Å²) >= 11 is 0. The Bertz CT molecular complexity index is 308. The lowest BCUT2D eigenvalue weighted by Gasteiger charge is -2.38. The Hall–Kier alpha value is -1.06. The number of ether oxygens (including phenoxy) is 1. The SMILES string of the molecule is CCOC(=O)[C@]1(C)CC[C@H](C(=O)O)C1(C)C. The number of esters is 1. The van der Waals surface area contributed by atoms with Crippen LogP contribution in [0, 0.1) is 16.7 Å². The van der Waals surface area contributed by atoms with Crippen molar-refractivity contribution in [2.24, 2.45) is 16.7 Å². The lowest BCUT2D eigenvalue weighted by Crippen LogP contribution is -2.43. The standard InChI is InChI=1S/C12H20O4/c1-5-16-10(15)12(4)7-6-8(9(13)14)11(12,2)3/h8H,5-7H2,1-4H3,(H,13,14)/t8-,12+/m1/s1. The molecule has 0 amide bonds. The molecule has 0 aromatic heterocycles. The van der Waals surface area contributed by atoms with Crippen molar-refractivity contribution in [3.63, 3.8) is 0 Å². The van der Waals surface area contributed by atoms with E-state index in [1.54, 1.807) is 6.92 Å². The molecule has 0 aromatic rings. The highest BCUT2D eigenvalue weighted by Gasteiger charge is 2.59. The van der Waals surface area contributed by atoms with E-state index in [0.717, 1.165) is 0 Å². The van der Waals surface area contributed by atoms with E-state index in [-0.39, 0.29) is 5.97 Å². The number of carboxylic acid groups (broad SMARTS) is 1. The fraction of sp³-hybridized carbons (Fsp3) is 0.833. The molecule has 1 N–H and O–H groups in total. The number of carbonyl (C=O) groups excluding carboxylic acids is 1. The first-order valence-corrected chi connectivity index (χ1v) is 5.67. The Labute approximate surface area is 96.0 Å². The molecule has 0 saturated heterocycles. The van der Waals surface area contributed by atoms with Gasteiger partial charge in [0.1, 0.15) is 0 Å². The lowest BCUT2D eigenvalue weighted by molar-refractivity contribution is -0.163. The van der Waals surface area contributed by atoms with Crippen LogP contribution in [0.25, 0.3) is 0 Å². The van der Waals surface area contributed by atoms with Gasteiger partial charge in [-0.1, -0.05) is 13.8 Å². The van der Waals surface area contributed by atoms with Crippen LogP contribution in [0.2, 0.25) is 0 Å². The van der Waals surface area contributed by atoms with Gasteiger partial charge in [0.15, 0.2) is 0 Å². The van der Waals surface area contributed by atoms with Crippen LogP contribution < -0.4 is 0 Å². The molecule has 0 radical (unpaired) electrons. The summed E-state index contributed by atoms with van der Waals surface area (Å²) in [6, 6.07) is 0. The van der Waals surface area contributed by atoms with Crippen molar-refractivity contribution in [1.29, 1.82) is 0 Å². The van der Waals surface area contributed by atoms with E-state index in [9.17, 15) is 9.59 Å². The summed E-state index contributed by atoms with van der Waals surface area (Å²) in [5.41, 5.74) is -1.25. The minimum Gasteiger partial charge on any atom is -0.481 e. The first kappa shape index (κ1) is 13.0. The van der Waals surface area contributed by atoms with Gasteiger partial charge in [0, 0.05) is 0 Å². The molecule has 16 heavy (non-hydrogen) atoms. The van der Waals surface area contributed by atoms with E-state index < -0.39 is 22.7 Å². The van der Waals surface area contributed by atoms with Crippen molar-refractivity contribution in [3.8, 4) is 0 Å². The van der Waals surface area contributed by atoms with Gasteiger partial charge in [-0.2, -0.15) is 0 Å². The molecule has 1 aliphatic carbocycles. The predicted molar refractivity (Wildman–Crippen MR) is 58.9 cm³/mol. The van der Waals surface area contributed by atoms with Gasteiger partial charge < -0.3 is 9.84 Å². The maximum atomic E-state index is 11.9. The molecule has 1 fully saturated rings. The highest BCUT2D eigenvalue weighted by atomic mass is 16.5. The molecule has 0 heterocycles. The summed E-state index contributed by atoms with van der Waals surface area (Å²) in [7, 11) is 0. The zero-order chi connectivity index (χ0) is 12.6. The average Bonchev–Trinajstić information content (AvgIpc) is 2.39. The number of hydrogen-bond donors (Lipinski definition) is 1. The van der Waals surface area contributed by atoms with Gasteiger partial charge in [-0.15, -0.1) is 0 Å². The van der Waals surface area contributed by atoms with Crippen molar-refractivity contribution in [2.75, 3.05) is 6.61 Å². The van der Waals surface area contributed by atoms with Crippen LogP contribution in [0.1, 0.15) is 40.5 Å². The maximum absolute atomic E-state index is 11.9. The van der Waals surface area contributed by atoms with Crippen molar-refractivity contribution < 1.29 is 19.4 Å². The Balaban J connectivity index is 3.00. The summed E-state index contributed by atoms with van der Waals surface area (Å²) in [5, 5.41) is 9.14. The average molecular weight is 228 g/mol. The predicted octanol–water partition coefficient (Wildman–Crippen LogP) is 2.08. The molecule has 2 atom stereocenters. The smallest absolute Gasteiger partial charge is 0.312 e. The number of carbonyl (C=O) groups is 2. The van der Waals surface area contributed by atoms with Crippen LogP contribution in [0.5, 0.6) is 0 Å². The lowest BCUT2D eigenvalue weighted by atomic mass is 9.66. The second-order valence-corrected chi connectivity index (χ2v) is 5.20. The van der Waals surface area contributed by atoms with Gasteiger partial charge >= 0.3 is 11.9 Å². The molecule has 4 heteroatoms. The summed E-state index contributed by atoms with van der Waals surface area (Å²) < 4.78 is 5.06. The second-order valence-electron chi connectivity index (χ2n) is 5.20. The van der Waals surface area contributed by atoms with Crippen molar-refractivity contribution in [3.05, 3.63) is 0 Å². The summed E-state index contributed by atoms with van der Waals surface area (Å²) in [5.74, 6) is -1.57. The van der Waals surface area contributed by atoms with Gasteiger partial charge in [-0.25, -0.2) is 0 Å². The minimum atomic E-state index is -0.821. The Kier molecular flexibility index (Phi) is 3.31. The molecule has 0 aliphatic heterocycles. The van der Waals surface area contributed by atoms with E-state index in [1.165, 1.54) is 0 Å². The molecule has 0 bridgehead atoms. The van der Waals surface area contributed by atoms with Crippen LogP contribution >= 0.6 is 0 Å². The third-order valence-corrected chi connectivity index (χ3v) is 4.25. The highest BCUT2D eigenvalue weighted by Crippen LogP contribution is 2.56. The first-order chi connectivity index (χ1) is 7.27. The summed E-state index contributed by atoms with van der Waals surface area (Å²) in [6.07, 6.45) is 1.12. The van der Waals surface area contributed by atoms with Gasteiger partial charge in [0.25, 0.3) is 0 Å². The van der Waals surface area contributed by atoms with Gasteiger partial charge in [0.2, 0.25) is 0 Å². The summed E-state index contributed by atoms with van der Waals surface area (Å²) in [6.45, 7) is 7.60. The van der Waals surface area contributed by atoms with E-state index in [0.29, 0.717) is 19.4 Å². The Morgan fingerprint density at radius 3 is 2.31 bits per heavy atom. The third kappa shape index (κ3) is 1.70. The zero-order valence-corrected chi connectivity index (χ0v) is 10.4. The van der Waals surface area contributed by atoms with Crippen LogP contribution in [0.3, 0.4) is 0 Å². The number of aliphatic carboxylic acids is 1. The molecule has 1 rings (SSSR count). The molecule has 1 aliphatic rings. The van der Waals surface area contributed by atoms with E-state index in [1.807, 2.05) is 20.8 Å². The fourth-order valence-corrected chi connectivity index (χ4v) is 2.59. The van der Waals surface area contributed by atoms with Gasteiger partial charge in [-0.3, -0.25) is 9.59 Å². The van der Waals surface area contributed by atoms with E-state index in [2.05, 4.69) is 0 Å². The second kappa shape index (κ2) is 4.07. The molecule has 4 nitrogen and oxygen atoms in total. The van der Waals surface area contributed by atoms with E-state index in [4.69, 9.17) is 9.84 Å². The third-order valence-electron chi connectivity index (χ3n) is 4.25. The quantitative estimate of drug-likeness (QED) is 0.751. The molecule has 92 valence electrons. The number of hydrogen-bond acceptors (Lipinski definition) is 3. The van der Waals surface area contributed by atoms with Gasteiger partial charge in [0.05, 0.1) is 17.9 Å². The number of carboxylic acids is 1. The van der Waals surface area contributed by atoms with Crippen LogP contribution in [0.4, 0.5) is 0 Å². The maximum Gasteiger partial charge on any atom is 0.312 e. The monoisotopic (exact) mass is 228 g/mol. The highest BCUT2D eigenvalue weighted by molar-refractivity contribution is 5.81. The Morgan fingerprint density at radius 1 is 1.38 bits per heavy atom. The van der Waals surface area contributed by atoms with Crippen LogP contribution in [0.15, 0.2) is 0 Å². The normalized spacial score (nSPS) is 32.4. The molecule has 0 aromatic carbocycles. The minimum absolute atomic E-state index is 0.274. The van der Waals surface area contributed by atoms with Crippen LogP contribution in [-0.2, 0) is 14.3 Å². The molecule has 0 unspecified atom stereocenters. The Morgan fingerprint density at radius 2 is 1.94 bits per heavy atom.